The van der Waals surface area contributed by atoms with Crippen molar-refractivity contribution < 1.29 is 19.0 Å². The van der Waals surface area contributed by atoms with Gasteiger partial charge >= 0.3 is 0 Å². The minimum atomic E-state index is -0.323. The van der Waals surface area contributed by atoms with Crippen LogP contribution >= 0.6 is 28.1 Å². The van der Waals surface area contributed by atoms with Crippen LogP contribution in [0.25, 0.3) is 0 Å². The number of hydrogen-bond donors (Lipinski definition) is 2. The number of ether oxygens (including phenoxy) is 3. The van der Waals surface area contributed by atoms with Gasteiger partial charge in [-0.1, -0.05) is 25.5 Å². The molecule has 0 saturated carbocycles. The van der Waals surface area contributed by atoms with E-state index in [9.17, 15) is 4.79 Å². The van der Waals surface area contributed by atoms with Crippen molar-refractivity contribution in [3.63, 3.8) is 0 Å². The van der Waals surface area contributed by atoms with E-state index >= 15 is 0 Å². The van der Waals surface area contributed by atoms with Crippen LogP contribution < -0.4 is 20.1 Å². The topological polar surface area (TPSA) is 68.8 Å². The number of anilines is 1. The summed E-state index contributed by atoms with van der Waals surface area (Å²) in [6, 6.07) is 12.6. The lowest BCUT2D eigenvalue weighted by Gasteiger charge is -2.14. The molecule has 156 valence electrons. The molecule has 0 spiro atoms. The Morgan fingerprint density at radius 3 is 2.55 bits per heavy atom. The molecule has 0 unspecified atom stereocenters. The number of carbonyl (C=O) groups is 1. The zero-order valence-electron chi connectivity index (χ0n) is 16.5. The summed E-state index contributed by atoms with van der Waals surface area (Å²) >= 11 is 8.70. The molecular weight excluding hydrogens is 456 g/mol. The number of benzene rings is 2. The van der Waals surface area contributed by atoms with E-state index in [4.69, 9.17) is 26.4 Å². The minimum Gasteiger partial charge on any atom is -0.491 e. The lowest BCUT2D eigenvalue weighted by molar-refractivity contribution is 0.0977. The maximum absolute atomic E-state index is 12.5. The van der Waals surface area contributed by atoms with Crippen molar-refractivity contribution in [2.24, 2.45) is 0 Å². The summed E-state index contributed by atoms with van der Waals surface area (Å²) in [4.78, 5) is 12.5. The molecule has 0 radical (unpaired) electrons. The van der Waals surface area contributed by atoms with E-state index in [-0.39, 0.29) is 11.0 Å². The molecule has 2 aromatic carbocycles. The zero-order chi connectivity index (χ0) is 21.1. The van der Waals surface area contributed by atoms with E-state index in [1.807, 2.05) is 24.3 Å². The Hall–Kier alpha value is -2.16. The quantitative estimate of drug-likeness (QED) is 0.376. The average molecular weight is 481 g/mol. The molecule has 0 aliphatic rings. The molecule has 0 aliphatic heterocycles. The van der Waals surface area contributed by atoms with E-state index in [1.54, 1.807) is 25.3 Å². The molecule has 1 amide bonds. The lowest BCUT2D eigenvalue weighted by Crippen LogP contribution is -2.34. The second-order valence-electron chi connectivity index (χ2n) is 6.09. The van der Waals surface area contributed by atoms with Gasteiger partial charge in [-0.3, -0.25) is 10.1 Å². The maximum Gasteiger partial charge on any atom is 0.257 e. The van der Waals surface area contributed by atoms with Gasteiger partial charge in [-0.05, 0) is 64.9 Å². The van der Waals surface area contributed by atoms with Gasteiger partial charge in [0.15, 0.2) is 5.11 Å². The predicted octanol–water partition coefficient (Wildman–Crippen LogP) is 4.78. The number of halogens is 1. The van der Waals surface area contributed by atoms with Gasteiger partial charge in [-0.15, -0.1) is 0 Å². The Bertz CT molecular complexity index is 832. The molecule has 0 aromatic heterocycles. The number of unbranched alkanes of at least 4 members (excludes halogenated alkanes) is 1. The van der Waals surface area contributed by atoms with Gasteiger partial charge in [0.1, 0.15) is 18.1 Å². The first-order valence-electron chi connectivity index (χ1n) is 9.30. The van der Waals surface area contributed by atoms with Crippen molar-refractivity contribution in [2.75, 3.05) is 32.2 Å². The van der Waals surface area contributed by atoms with Crippen LogP contribution in [0.4, 0.5) is 5.69 Å². The number of para-hydroxylation sites is 2. The Morgan fingerprint density at radius 1 is 1.07 bits per heavy atom. The Morgan fingerprint density at radius 2 is 1.83 bits per heavy atom. The van der Waals surface area contributed by atoms with Crippen LogP contribution in [-0.2, 0) is 4.74 Å². The van der Waals surface area contributed by atoms with E-state index in [2.05, 4.69) is 33.5 Å². The molecule has 8 heteroatoms. The molecule has 2 aromatic rings. The number of amides is 1. The molecule has 6 nitrogen and oxygen atoms in total. The van der Waals surface area contributed by atoms with Crippen molar-refractivity contribution >= 4 is 44.9 Å². The van der Waals surface area contributed by atoms with Gasteiger partial charge in [0.2, 0.25) is 0 Å². The first kappa shape index (κ1) is 23.1. The second-order valence-corrected chi connectivity index (χ2v) is 7.36. The molecule has 2 N–H and O–H groups in total. The van der Waals surface area contributed by atoms with Gasteiger partial charge in [-0.25, -0.2) is 0 Å². The molecule has 0 saturated heterocycles. The smallest absolute Gasteiger partial charge is 0.257 e. The molecule has 0 atom stereocenters. The zero-order valence-corrected chi connectivity index (χ0v) is 18.9. The summed E-state index contributed by atoms with van der Waals surface area (Å²) in [5.41, 5.74) is 1.16. The van der Waals surface area contributed by atoms with Crippen molar-refractivity contribution in [1.82, 2.24) is 5.32 Å². The SMILES string of the molecule is CCCCOc1ccccc1NC(=S)NC(=O)c1ccc(OCCOC)c(Br)c1. The fraction of sp³-hybridized carbons (Fsp3) is 0.333. The maximum atomic E-state index is 12.5. The minimum absolute atomic E-state index is 0.193. The number of rotatable bonds is 10. The fourth-order valence-electron chi connectivity index (χ4n) is 2.35. The number of hydrogen-bond acceptors (Lipinski definition) is 5. The summed E-state index contributed by atoms with van der Waals surface area (Å²) < 4.78 is 17.0. The molecule has 0 aliphatic carbocycles. The van der Waals surface area contributed by atoms with Crippen LogP contribution in [0, 0.1) is 0 Å². The Balaban J connectivity index is 1.95. The van der Waals surface area contributed by atoms with E-state index in [0.717, 1.165) is 12.8 Å². The first-order chi connectivity index (χ1) is 14.0. The highest BCUT2D eigenvalue weighted by atomic mass is 79.9. The Kier molecular flexibility index (Phi) is 9.90. The van der Waals surface area contributed by atoms with Crippen molar-refractivity contribution in [1.29, 1.82) is 0 Å². The van der Waals surface area contributed by atoms with Crippen LogP contribution in [0.1, 0.15) is 30.1 Å². The van der Waals surface area contributed by atoms with Gasteiger partial charge in [0.25, 0.3) is 5.91 Å². The Labute approximate surface area is 185 Å². The number of thiocarbonyl (C=S) groups is 1. The summed E-state index contributed by atoms with van der Waals surface area (Å²) in [5.74, 6) is 1.01. The van der Waals surface area contributed by atoms with Crippen LogP contribution in [-0.4, -0.2) is 38.0 Å². The van der Waals surface area contributed by atoms with E-state index < -0.39 is 0 Å². The largest absolute Gasteiger partial charge is 0.491 e. The predicted molar refractivity (Wildman–Crippen MR) is 122 cm³/mol. The van der Waals surface area contributed by atoms with Gasteiger partial charge in [0, 0.05) is 12.7 Å². The summed E-state index contributed by atoms with van der Waals surface area (Å²) in [6.45, 7) is 3.64. The highest BCUT2D eigenvalue weighted by molar-refractivity contribution is 9.10. The van der Waals surface area contributed by atoms with E-state index in [1.165, 1.54) is 0 Å². The molecule has 2 rings (SSSR count). The van der Waals surface area contributed by atoms with Crippen molar-refractivity contribution in [2.45, 2.75) is 19.8 Å². The highest BCUT2D eigenvalue weighted by Crippen LogP contribution is 2.26. The normalized spacial score (nSPS) is 10.3. The van der Waals surface area contributed by atoms with Crippen LogP contribution in [0.15, 0.2) is 46.9 Å². The van der Waals surface area contributed by atoms with Crippen LogP contribution in [0.3, 0.4) is 0 Å². The third-order valence-corrected chi connectivity index (χ3v) is 4.68. The summed E-state index contributed by atoms with van der Waals surface area (Å²) in [6.07, 6.45) is 2.02. The molecule has 29 heavy (non-hydrogen) atoms. The summed E-state index contributed by atoms with van der Waals surface area (Å²) in [7, 11) is 1.61. The number of nitrogens with one attached hydrogen (secondary N) is 2. The van der Waals surface area contributed by atoms with Gasteiger partial charge in [0.05, 0.1) is 23.4 Å². The molecule has 0 heterocycles. The van der Waals surface area contributed by atoms with Crippen LogP contribution in [0.5, 0.6) is 11.5 Å². The second kappa shape index (κ2) is 12.4. The van der Waals surface area contributed by atoms with E-state index in [0.29, 0.717) is 47.0 Å². The average Bonchev–Trinajstić information content (AvgIpc) is 2.70. The fourth-order valence-corrected chi connectivity index (χ4v) is 3.04. The molecule has 0 fully saturated rings. The number of carbonyl (C=O) groups excluding carboxylic acids is 1. The monoisotopic (exact) mass is 480 g/mol. The van der Waals surface area contributed by atoms with Crippen molar-refractivity contribution in [3.8, 4) is 11.5 Å². The van der Waals surface area contributed by atoms with Crippen LogP contribution in [0.2, 0.25) is 0 Å². The van der Waals surface area contributed by atoms with Crippen molar-refractivity contribution in [3.05, 3.63) is 52.5 Å². The lowest BCUT2D eigenvalue weighted by atomic mass is 10.2. The highest BCUT2D eigenvalue weighted by Gasteiger charge is 2.12. The molecule has 0 bridgehead atoms. The van der Waals surface area contributed by atoms with Gasteiger partial charge in [-0.2, -0.15) is 0 Å². The standard InChI is InChI=1S/C21H25BrN2O4S/c1-3-4-11-27-19-8-6-5-7-17(19)23-21(29)24-20(25)15-9-10-18(16(22)14-15)28-13-12-26-2/h5-10,14H,3-4,11-13H2,1-2H3,(H2,23,24,25,29). The van der Waals surface area contributed by atoms with Gasteiger partial charge < -0.3 is 19.5 Å². The number of methoxy groups -OCH3 is 1. The third-order valence-electron chi connectivity index (χ3n) is 3.86. The molecular formula is C21H25BrN2O4S. The summed E-state index contributed by atoms with van der Waals surface area (Å²) in [5, 5.41) is 5.90. The third kappa shape index (κ3) is 7.64. The first-order valence-corrected chi connectivity index (χ1v) is 10.5.